The van der Waals surface area contributed by atoms with Gasteiger partial charge in [-0.25, -0.2) is 0 Å². The van der Waals surface area contributed by atoms with E-state index in [0.29, 0.717) is 24.9 Å². The molecule has 4 rings (SSSR count). The van der Waals surface area contributed by atoms with Crippen LogP contribution in [0.15, 0.2) is 59.1 Å². The third kappa shape index (κ3) is 3.90. The number of benzene rings is 2. The summed E-state index contributed by atoms with van der Waals surface area (Å²) in [4.78, 5) is 6.79. The van der Waals surface area contributed by atoms with Gasteiger partial charge in [0, 0.05) is 23.7 Å². The lowest BCUT2D eigenvalue weighted by Gasteiger charge is -2.32. The van der Waals surface area contributed by atoms with E-state index in [4.69, 9.17) is 20.9 Å². The first-order valence-electron chi connectivity index (χ1n) is 8.25. The molecule has 2 heterocycles. The minimum absolute atomic E-state index is 0.0338. The highest BCUT2D eigenvalue weighted by Gasteiger charge is 2.23. The minimum Gasteiger partial charge on any atom is -0.371 e. The number of halogens is 1. The van der Waals surface area contributed by atoms with Gasteiger partial charge in [-0.15, -0.1) is 0 Å². The zero-order valence-electron chi connectivity index (χ0n) is 13.6. The SMILES string of the molecule is Clc1ccc([C@H]2CN(Cc3noc(-c4ccccc4)n3)CCO2)cc1. The van der Waals surface area contributed by atoms with Crippen molar-refractivity contribution in [3.05, 3.63) is 71.0 Å². The van der Waals surface area contributed by atoms with E-state index < -0.39 is 0 Å². The molecule has 1 fully saturated rings. The number of aromatic nitrogens is 2. The topological polar surface area (TPSA) is 51.4 Å². The second-order valence-corrected chi connectivity index (χ2v) is 6.46. The first kappa shape index (κ1) is 16.3. The van der Waals surface area contributed by atoms with Crippen molar-refractivity contribution in [2.24, 2.45) is 0 Å². The van der Waals surface area contributed by atoms with Crippen LogP contribution in [-0.2, 0) is 11.3 Å². The van der Waals surface area contributed by atoms with Gasteiger partial charge >= 0.3 is 0 Å². The van der Waals surface area contributed by atoms with Crippen LogP contribution < -0.4 is 0 Å². The van der Waals surface area contributed by atoms with Crippen LogP contribution in [0.1, 0.15) is 17.5 Å². The molecule has 0 bridgehead atoms. The van der Waals surface area contributed by atoms with Crippen molar-refractivity contribution in [3.8, 4) is 11.5 Å². The summed E-state index contributed by atoms with van der Waals surface area (Å²) in [7, 11) is 0. The molecule has 25 heavy (non-hydrogen) atoms. The van der Waals surface area contributed by atoms with Gasteiger partial charge in [-0.05, 0) is 29.8 Å². The smallest absolute Gasteiger partial charge is 0.257 e. The fraction of sp³-hybridized carbons (Fsp3) is 0.263. The third-order valence-corrected chi connectivity index (χ3v) is 4.50. The first-order chi connectivity index (χ1) is 12.3. The Morgan fingerprint density at radius 3 is 2.68 bits per heavy atom. The van der Waals surface area contributed by atoms with Crippen molar-refractivity contribution in [1.29, 1.82) is 0 Å². The number of morpholine rings is 1. The lowest BCUT2D eigenvalue weighted by atomic mass is 10.1. The Morgan fingerprint density at radius 1 is 1.08 bits per heavy atom. The molecule has 0 aliphatic carbocycles. The standard InChI is InChI=1S/C19H18ClN3O2/c20-16-8-6-14(7-9-16)17-12-23(10-11-24-17)13-18-21-19(25-22-18)15-4-2-1-3-5-15/h1-9,17H,10-13H2/t17-/m1/s1. The molecule has 128 valence electrons. The van der Waals surface area contributed by atoms with Gasteiger partial charge < -0.3 is 9.26 Å². The zero-order chi connectivity index (χ0) is 17.1. The summed E-state index contributed by atoms with van der Waals surface area (Å²) in [5.41, 5.74) is 2.06. The Balaban J connectivity index is 1.42. The highest BCUT2D eigenvalue weighted by molar-refractivity contribution is 6.30. The highest BCUT2D eigenvalue weighted by Crippen LogP contribution is 2.24. The number of ether oxygens (including phenoxy) is 1. The Bertz CT molecular complexity index is 820. The summed E-state index contributed by atoms with van der Waals surface area (Å²) in [5.74, 6) is 1.24. The summed E-state index contributed by atoms with van der Waals surface area (Å²) in [6.45, 7) is 2.95. The van der Waals surface area contributed by atoms with Crippen molar-refractivity contribution < 1.29 is 9.26 Å². The van der Waals surface area contributed by atoms with Crippen LogP contribution in [0, 0.1) is 0 Å². The molecule has 0 spiro atoms. The molecule has 5 nitrogen and oxygen atoms in total. The van der Waals surface area contributed by atoms with E-state index in [1.165, 1.54) is 0 Å². The molecule has 0 saturated carbocycles. The molecule has 2 aromatic carbocycles. The third-order valence-electron chi connectivity index (χ3n) is 4.25. The lowest BCUT2D eigenvalue weighted by molar-refractivity contribution is -0.0338. The van der Waals surface area contributed by atoms with Gasteiger partial charge in [0.25, 0.3) is 5.89 Å². The van der Waals surface area contributed by atoms with E-state index >= 15 is 0 Å². The molecule has 1 saturated heterocycles. The van der Waals surface area contributed by atoms with Crippen molar-refractivity contribution in [2.75, 3.05) is 19.7 Å². The van der Waals surface area contributed by atoms with Crippen LogP contribution in [-0.4, -0.2) is 34.7 Å². The molecule has 0 unspecified atom stereocenters. The normalized spacial score (nSPS) is 18.4. The molecule has 0 amide bonds. The summed E-state index contributed by atoms with van der Waals surface area (Å²) < 4.78 is 11.3. The molecule has 1 aliphatic rings. The molecule has 6 heteroatoms. The fourth-order valence-electron chi connectivity index (χ4n) is 2.94. The Kier molecular flexibility index (Phi) is 4.78. The minimum atomic E-state index is 0.0338. The van der Waals surface area contributed by atoms with E-state index in [1.54, 1.807) is 0 Å². The molecule has 0 N–H and O–H groups in total. The maximum atomic E-state index is 5.96. The van der Waals surface area contributed by atoms with Crippen molar-refractivity contribution in [2.45, 2.75) is 12.6 Å². The fourth-order valence-corrected chi connectivity index (χ4v) is 3.07. The molecular formula is C19H18ClN3O2. The summed E-state index contributed by atoms with van der Waals surface area (Å²) in [5, 5.41) is 4.84. The second kappa shape index (κ2) is 7.35. The quantitative estimate of drug-likeness (QED) is 0.709. The van der Waals surface area contributed by atoms with Gasteiger partial charge in [-0.1, -0.05) is 47.1 Å². The van der Waals surface area contributed by atoms with Gasteiger partial charge in [-0.3, -0.25) is 4.90 Å². The maximum absolute atomic E-state index is 5.96. The molecule has 3 aromatic rings. The van der Waals surface area contributed by atoms with Crippen LogP contribution >= 0.6 is 11.6 Å². The largest absolute Gasteiger partial charge is 0.371 e. The van der Waals surface area contributed by atoms with Crippen LogP contribution in [0.2, 0.25) is 5.02 Å². The highest BCUT2D eigenvalue weighted by atomic mass is 35.5. The van der Waals surface area contributed by atoms with E-state index in [2.05, 4.69) is 15.0 Å². The van der Waals surface area contributed by atoms with Gasteiger partial charge in [0.1, 0.15) is 0 Å². The number of nitrogens with zero attached hydrogens (tertiary/aromatic N) is 3. The number of hydrogen-bond donors (Lipinski definition) is 0. The van der Waals surface area contributed by atoms with E-state index in [-0.39, 0.29) is 6.10 Å². The maximum Gasteiger partial charge on any atom is 0.257 e. The first-order valence-corrected chi connectivity index (χ1v) is 8.63. The molecular weight excluding hydrogens is 338 g/mol. The van der Waals surface area contributed by atoms with Crippen molar-refractivity contribution in [3.63, 3.8) is 0 Å². The Hall–Kier alpha value is -2.21. The van der Waals surface area contributed by atoms with Crippen molar-refractivity contribution in [1.82, 2.24) is 15.0 Å². The van der Waals surface area contributed by atoms with Crippen LogP contribution in [0.3, 0.4) is 0 Å². The molecule has 0 radical (unpaired) electrons. The van der Waals surface area contributed by atoms with Gasteiger partial charge in [-0.2, -0.15) is 4.98 Å². The van der Waals surface area contributed by atoms with Crippen LogP contribution in [0.4, 0.5) is 0 Å². The predicted molar refractivity (Wildman–Crippen MR) is 95.2 cm³/mol. The summed E-state index contributed by atoms with van der Waals surface area (Å²) >= 11 is 5.96. The van der Waals surface area contributed by atoms with Gasteiger partial charge in [0.05, 0.1) is 19.3 Å². The monoisotopic (exact) mass is 355 g/mol. The van der Waals surface area contributed by atoms with E-state index in [1.807, 2.05) is 54.6 Å². The van der Waals surface area contributed by atoms with Gasteiger partial charge in [0.15, 0.2) is 5.82 Å². The molecule has 1 aliphatic heterocycles. The Morgan fingerprint density at radius 2 is 1.88 bits per heavy atom. The lowest BCUT2D eigenvalue weighted by Crippen LogP contribution is -2.38. The number of hydrogen-bond acceptors (Lipinski definition) is 5. The van der Waals surface area contributed by atoms with Crippen molar-refractivity contribution >= 4 is 11.6 Å². The summed E-state index contributed by atoms with van der Waals surface area (Å²) in [6, 6.07) is 17.6. The predicted octanol–water partition coefficient (Wildman–Crippen LogP) is 3.96. The van der Waals surface area contributed by atoms with E-state index in [0.717, 1.165) is 29.2 Å². The van der Waals surface area contributed by atoms with Gasteiger partial charge in [0.2, 0.25) is 0 Å². The second-order valence-electron chi connectivity index (χ2n) is 6.03. The summed E-state index contributed by atoms with van der Waals surface area (Å²) in [6.07, 6.45) is 0.0338. The van der Waals surface area contributed by atoms with Crippen LogP contribution in [0.5, 0.6) is 0 Å². The average Bonchev–Trinajstić information content (AvgIpc) is 3.12. The average molecular weight is 356 g/mol. The van der Waals surface area contributed by atoms with Crippen LogP contribution in [0.25, 0.3) is 11.5 Å². The zero-order valence-corrected chi connectivity index (χ0v) is 14.4. The Labute approximate surface area is 151 Å². The molecule has 1 aromatic heterocycles. The molecule has 1 atom stereocenters. The number of rotatable bonds is 4. The van der Waals surface area contributed by atoms with E-state index in [9.17, 15) is 0 Å².